The Kier molecular flexibility index (Phi) is 5.23. The molecule has 2 aliphatic rings. The maximum absolute atomic E-state index is 12.2. The van der Waals surface area contributed by atoms with E-state index in [2.05, 4.69) is 5.32 Å². The Hall–Kier alpha value is -1.30. The lowest BCUT2D eigenvalue weighted by Crippen LogP contribution is -2.47. The number of carboxylic acids is 1. The molecule has 0 aromatic rings. The van der Waals surface area contributed by atoms with Crippen LogP contribution in [0.5, 0.6) is 0 Å². The molecule has 2 rings (SSSR count). The van der Waals surface area contributed by atoms with Crippen LogP contribution in [0.1, 0.15) is 45.4 Å². The minimum atomic E-state index is -0.917. The van der Waals surface area contributed by atoms with E-state index in [4.69, 9.17) is 9.84 Å². The largest absolute Gasteiger partial charge is 0.479 e. The van der Waals surface area contributed by atoms with E-state index < -0.39 is 12.1 Å². The number of rotatable bonds is 5. The molecular weight excluding hydrogens is 260 g/mol. The summed E-state index contributed by atoms with van der Waals surface area (Å²) in [5, 5.41) is 11.7. The highest BCUT2D eigenvalue weighted by Gasteiger charge is 2.31. The van der Waals surface area contributed by atoms with E-state index in [1.807, 2.05) is 11.8 Å². The number of nitrogens with zero attached hydrogens (tertiary/aromatic N) is 1. The molecule has 20 heavy (non-hydrogen) atoms. The molecule has 0 bridgehead atoms. The number of hydrogen-bond donors (Lipinski definition) is 2. The van der Waals surface area contributed by atoms with Gasteiger partial charge in [0.1, 0.15) is 0 Å². The molecule has 1 saturated carbocycles. The van der Waals surface area contributed by atoms with Crippen molar-refractivity contribution in [1.82, 2.24) is 10.2 Å². The minimum absolute atomic E-state index is 0.0539. The number of urea groups is 1. The van der Waals surface area contributed by atoms with Crippen LogP contribution in [0.15, 0.2) is 0 Å². The third kappa shape index (κ3) is 3.62. The summed E-state index contributed by atoms with van der Waals surface area (Å²) in [5.41, 5.74) is 0. The molecule has 0 radical (unpaired) electrons. The number of hydrogen-bond acceptors (Lipinski definition) is 3. The van der Waals surface area contributed by atoms with Gasteiger partial charge in [-0.25, -0.2) is 9.59 Å². The second-order valence-electron chi connectivity index (χ2n) is 5.57. The van der Waals surface area contributed by atoms with Crippen LogP contribution in [-0.4, -0.2) is 53.3 Å². The van der Waals surface area contributed by atoms with Crippen molar-refractivity contribution in [2.24, 2.45) is 0 Å². The summed E-state index contributed by atoms with van der Waals surface area (Å²) < 4.78 is 5.38. The molecule has 2 N–H and O–H groups in total. The van der Waals surface area contributed by atoms with Crippen LogP contribution in [0.25, 0.3) is 0 Å². The van der Waals surface area contributed by atoms with Crippen LogP contribution in [0.2, 0.25) is 0 Å². The molecule has 2 amide bonds. The van der Waals surface area contributed by atoms with Crippen molar-refractivity contribution >= 4 is 12.0 Å². The van der Waals surface area contributed by atoms with E-state index in [1.54, 1.807) is 0 Å². The number of amides is 2. The maximum atomic E-state index is 12.2. The van der Waals surface area contributed by atoms with Gasteiger partial charge in [-0.15, -0.1) is 0 Å². The predicted octanol–water partition coefficient (Wildman–Crippen LogP) is 1.59. The minimum Gasteiger partial charge on any atom is -0.479 e. The van der Waals surface area contributed by atoms with Gasteiger partial charge in [-0.1, -0.05) is 12.8 Å². The van der Waals surface area contributed by atoms with Crippen LogP contribution < -0.4 is 5.32 Å². The van der Waals surface area contributed by atoms with Crippen molar-refractivity contribution in [3.05, 3.63) is 0 Å². The Morgan fingerprint density at radius 2 is 1.95 bits per heavy atom. The summed E-state index contributed by atoms with van der Waals surface area (Å²) in [6.45, 7) is 3.09. The van der Waals surface area contributed by atoms with Gasteiger partial charge in [-0.3, -0.25) is 0 Å². The fourth-order valence-corrected chi connectivity index (χ4v) is 3.12. The SMILES string of the molecule is CCN(C(=O)NCC1CCC(C(=O)O)O1)C1CCCC1. The second-order valence-corrected chi connectivity index (χ2v) is 5.57. The van der Waals surface area contributed by atoms with E-state index in [0.29, 0.717) is 32.0 Å². The molecule has 0 aromatic heterocycles. The van der Waals surface area contributed by atoms with Crippen LogP contribution in [0, 0.1) is 0 Å². The van der Waals surface area contributed by atoms with Gasteiger partial charge in [0.2, 0.25) is 0 Å². The van der Waals surface area contributed by atoms with Gasteiger partial charge in [0, 0.05) is 19.1 Å². The molecule has 0 aromatic carbocycles. The van der Waals surface area contributed by atoms with E-state index in [9.17, 15) is 9.59 Å². The summed E-state index contributed by atoms with van der Waals surface area (Å²) in [7, 11) is 0. The Labute approximate surface area is 119 Å². The topological polar surface area (TPSA) is 78.9 Å². The third-order valence-electron chi connectivity index (χ3n) is 4.23. The molecule has 1 heterocycles. The van der Waals surface area contributed by atoms with Crippen LogP contribution in [-0.2, 0) is 9.53 Å². The van der Waals surface area contributed by atoms with Gasteiger partial charge in [0.25, 0.3) is 0 Å². The third-order valence-corrected chi connectivity index (χ3v) is 4.23. The highest BCUT2D eigenvalue weighted by molar-refractivity contribution is 5.74. The summed E-state index contributed by atoms with van der Waals surface area (Å²) in [6, 6.07) is 0.304. The van der Waals surface area contributed by atoms with Crippen molar-refractivity contribution in [2.75, 3.05) is 13.1 Å². The standard InChI is InChI=1S/C14H24N2O4/c1-2-16(10-5-3-4-6-10)14(19)15-9-11-7-8-12(20-11)13(17)18/h10-12H,2-9H2,1H3,(H,15,19)(H,17,18). The molecule has 2 atom stereocenters. The van der Waals surface area contributed by atoms with Crippen LogP contribution in [0.4, 0.5) is 4.79 Å². The molecular formula is C14H24N2O4. The van der Waals surface area contributed by atoms with Crippen molar-refractivity contribution in [1.29, 1.82) is 0 Å². The fraction of sp³-hybridized carbons (Fsp3) is 0.857. The number of nitrogens with one attached hydrogen (secondary N) is 1. The van der Waals surface area contributed by atoms with Crippen molar-refractivity contribution in [3.63, 3.8) is 0 Å². The first-order valence-electron chi connectivity index (χ1n) is 7.54. The number of aliphatic carboxylic acids is 1. The zero-order chi connectivity index (χ0) is 14.5. The second kappa shape index (κ2) is 6.92. The van der Waals surface area contributed by atoms with Crippen molar-refractivity contribution < 1.29 is 19.4 Å². The van der Waals surface area contributed by atoms with E-state index in [0.717, 1.165) is 12.8 Å². The van der Waals surface area contributed by atoms with Crippen molar-refractivity contribution in [3.8, 4) is 0 Å². The van der Waals surface area contributed by atoms with E-state index in [1.165, 1.54) is 12.8 Å². The highest BCUT2D eigenvalue weighted by Crippen LogP contribution is 2.23. The lowest BCUT2D eigenvalue weighted by Gasteiger charge is -2.28. The van der Waals surface area contributed by atoms with Gasteiger partial charge < -0.3 is 20.1 Å². The average Bonchev–Trinajstić information content (AvgIpc) is 3.08. The lowest BCUT2D eigenvalue weighted by atomic mass is 10.2. The normalized spacial score (nSPS) is 26.6. The van der Waals surface area contributed by atoms with Crippen LogP contribution in [0.3, 0.4) is 0 Å². The molecule has 6 heteroatoms. The molecule has 0 spiro atoms. The molecule has 1 aliphatic heterocycles. The van der Waals surface area contributed by atoms with Crippen LogP contribution >= 0.6 is 0 Å². The quantitative estimate of drug-likeness (QED) is 0.803. The Bertz CT molecular complexity index is 355. The number of ether oxygens (including phenoxy) is 1. The molecule has 2 fully saturated rings. The Morgan fingerprint density at radius 3 is 2.50 bits per heavy atom. The maximum Gasteiger partial charge on any atom is 0.332 e. The first kappa shape index (κ1) is 15.1. The monoisotopic (exact) mass is 284 g/mol. The number of carboxylic acid groups (broad SMARTS) is 1. The van der Waals surface area contributed by atoms with Crippen molar-refractivity contribution in [2.45, 2.75) is 63.7 Å². The first-order valence-corrected chi connectivity index (χ1v) is 7.54. The van der Waals surface area contributed by atoms with Gasteiger partial charge >= 0.3 is 12.0 Å². The molecule has 1 aliphatic carbocycles. The number of carbonyl (C=O) groups is 2. The van der Waals surface area contributed by atoms with Gasteiger partial charge in [0.15, 0.2) is 6.10 Å². The highest BCUT2D eigenvalue weighted by atomic mass is 16.5. The first-order chi connectivity index (χ1) is 9.61. The number of carbonyl (C=O) groups excluding carboxylic acids is 1. The average molecular weight is 284 g/mol. The van der Waals surface area contributed by atoms with E-state index >= 15 is 0 Å². The molecule has 114 valence electrons. The zero-order valence-corrected chi connectivity index (χ0v) is 12.0. The summed E-state index contributed by atoms with van der Waals surface area (Å²) in [4.78, 5) is 24.9. The summed E-state index contributed by atoms with van der Waals surface area (Å²) >= 11 is 0. The smallest absolute Gasteiger partial charge is 0.332 e. The predicted molar refractivity (Wildman–Crippen MR) is 73.6 cm³/mol. The molecule has 1 saturated heterocycles. The van der Waals surface area contributed by atoms with Gasteiger partial charge in [0.05, 0.1) is 6.10 Å². The van der Waals surface area contributed by atoms with Gasteiger partial charge in [-0.05, 0) is 32.6 Å². The molecule has 2 unspecified atom stereocenters. The Balaban J connectivity index is 1.75. The zero-order valence-electron chi connectivity index (χ0n) is 12.0. The lowest BCUT2D eigenvalue weighted by molar-refractivity contribution is -0.149. The molecule has 6 nitrogen and oxygen atoms in total. The Morgan fingerprint density at radius 1 is 1.25 bits per heavy atom. The van der Waals surface area contributed by atoms with E-state index in [-0.39, 0.29) is 12.1 Å². The summed E-state index contributed by atoms with van der Waals surface area (Å²) in [5.74, 6) is -0.917. The fourth-order valence-electron chi connectivity index (χ4n) is 3.12. The summed E-state index contributed by atoms with van der Waals surface area (Å²) in [6.07, 6.45) is 4.88. The van der Waals surface area contributed by atoms with Gasteiger partial charge in [-0.2, -0.15) is 0 Å².